The lowest BCUT2D eigenvalue weighted by Gasteiger charge is -2.06. The Morgan fingerprint density at radius 3 is 2.68 bits per heavy atom. The number of hydrogen-bond acceptors (Lipinski definition) is 4. The smallest absolute Gasteiger partial charge is 0.145 e. The van der Waals surface area contributed by atoms with E-state index < -0.39 is 0 Å². The van der Waals surface area contributed by atoms with Gasteiger partial charge in [0.15, 0.2) is 0 Å². The highest BCUT2D eigenvalue weighted by Gasteiger charge is 2.04. The molecule has 1 N–H and O–H groups in total. The maximum absolute atomic E-state index is 4.53. The molecule has 3 rings (SSSR count). The minimum atomic E-state index is 0.701. The second-order valence-corrected chi connectivity index (χ2v) is 4.48. The lowest BCUT2D eigenvalue weighted by atomic mass is 10.2. The van der Waals surface area contributed by atoms with Gasteiger partial charge in [0, 0.05) is 24.8 Å². The Morgan fingerprint density at radius 1 is 1.16 bits per heavy atom. The maximum atomic E-state index is 4.53. The number of rotatable bonds is 3. The van der Waals surface area contributed by atoms with Crippen molar-refractivity contribution in [2.45, 2.75) is 13.5 Å². The summed E-state index contributed by atoms with van der Waals surface area (Å²) in [6, 6.07) is 7.84. The lowest BCUT2D eigenvalue weighted by molar-refractivity contribution is 0.738. The van der Waals surface area contributed by atoms with Crippen molar-refractivity contribution in [3.63, 3.8) is 0 Å². The predicted molar refractivity (Wildman–Crippen MR) is 74.8 cm³/mol. The van der Waals surface area contributed by atoms with Crippen molar-refractivity contribution in [3.05, 3.63) is 47.9 Å². The molecule has 0 fully saturated rings. The Labute approximate surface area is 111 Å². The Balaban J connectivity index is 1.80. The van der Waals surface area contributed by atoms with Crippen LogP contribution in [0.2, 0.25) is 0 Å². The summed E-state index contributed by atoms with van der Waals surface area (Å²) in [5.41, 5.74) is 4.12. The van der Waals surface area contributed by atoms with Crippen molar-refractivity contribution >= 4 is 16.9 Å². The molecule has 0 saturated heterocycles. The van der Waals surface area contributed by atoms with Gasteiger partial charge in [-0.05, 0) is 19.1 Å². The first kappa shape index (κ1) is 11.6. The third-order valence-electron chi connectivity index (χ3n) is 3.25. The summed E-state index contributed by atoms with van der Waals surface area (Å²) in [4.78, 5) is 8.90. The van der Waals surface area contributed by atoms with E-state index in [1.165, 1.54) is 0 Å². The summed E-state index contributed by atoms with van der Waals surface area (Å²) < 4.78 is 1.86. The van der Waals surface area contributed by atoms with Gasteiger partial charge in [0.2, 0.25) is 0 Å². The van der Waals surface area contributed by atoms with E-state index in [0.29, 0.717) is 6.54 Å². The Hall–Kier alpha value is -2.43. The van der Waals surface area contributed by atoms with Crippen LogP contribution in [0.4, 0.5) is 5.82 Å². The van der Waals surface area contributed by atoms with Gasteiger partial charge in [0.05, 0.1) is 23.4 Å². The summed E-state index contributed by atoms with van der Waals surface area (Å²) in [5.74, 6) is 0.780. The minimum absolute atomic E-state index is 0.701. The van der Waals surface area contributed by atoms with Gasteiger partial charge in [-0.2, -0.15) is 5.10 Å². The van der Waals surface area contributed by atoms with Gasteiger partial charge in [0.25, 0.3) is 0 Å². The third kappa shape index (κ3) is 2.27. The van der Waals surface area contributed by atoms with Crippen LogP contribution in [0.25, 0.3) is 11.0 Å². The summed E-state index contributed by atoms with van der Waals surface area (Å²) in [5, 5.41) is 7.50. The molecule has 0 aliphatic rings. The number of hydrogen-bond donors (Lipinski definition) is 1. The van der Waals surface area contributed by atoms with Crippen molar-refractivity contribution in [3.8, 4) is 0 Å². The first-order valence-electron chi connectivity index (χ1n) is 6.17. The van der Waals surface area contributed by atoms with Gasteiger partial charge < -0.3 is 5.32 Å². The lowest BCUT2D eigenvalue weighted by Crippen LogP contribution is -2.03. The van der Waals surface area contributed by atoms with Crippen LogP contribution in [0, 0.1) is 6.92 Å². The zero-order valence-electron chi connectivity index (χ0n) is 11.0. The molecule has 0 bridgehead atoms. The zero-order chi connectivity index (χ0) is 13.2. The van der Waals surface area contributed by atoms with Crippen LogP contribution in [0.5, 0.6) is 0 Å². The molecule has 0 radical (unpaired) electrons. The molecule has 0 aliphatic heterocycles. The van der Waals surface area contributed by atoms with Crippen LogP contribution in [-0.2, 0) is 13.6 Å². The molecule has 2 aromatic heterocycles. The first-order chi connectivity index (χ1) is 9.24. The van der Waals surface area contributed by atoms with Crippen LogP contribution in [-0.4, -0.2) is 19.7 Å². The average molecular weight is 253 g/mol. The molecule has 0 unspecified atom stereocenters. The van der Waals surface area contributed by atoms with E-state index in [0.717, 1.165) is 28.1 Å². The number of anilines is 1. The topological polar surface area (TPSA) is 55.6 Å². The molecule has 96 valence electrons. The number of nitrogens with zero attached hydrogens (tertiary/aromatic N) is 4. The van der Waals surface area contributed by atoms with E-state index >= 15 is 0 Å². The zero-order valence-corrected chi connectivity index (χ0v) is 11.0. The van der Waals surface area contributed by atoms with Gasteiger partial charge in [-0.15, -0.1) is 0 Å². The highest BCUT2D eigenvalue weighted by atomic mass is 15.3. The van der Waals surface area contributed by atoms with Crippen molar-refractivity contribution in [1.82, 2.24) is 19.7 Å². The summed E-state index contributed by atoms with van der Waals surface area (Å²) in [7, 11) is 1.94. The van der Waals surface area contributed by atoms with Gasteiger partial charge in [0.1, 0.15) is 5.82 Å². The monoisotopic (exact) mass is 253 g/mol. The van der Waals surface area contributed by atoms with Crippen LogP contribution in [0.1, 0.15) is 11.3 Å². The second-order valence-electron chi connectivity index (χ2n) is 4.48. The fraction of sp³-hybridized carbons (Fsp3) is 0.214. The molecule has 0 atom stereocenters. The third-order valence-corrected chi connectivity index (χ3v) is 3.25. The highest BCUT2D eigenvalue weighted by molar-refractivity contribution is 5.75. The molecular formula is C14H15N5. The molecule has 19 heavy (non-hydrogen) atoms. The van der Waals surface area contributed by atoms with Gasteiger partial charge in [-0.25, -0.2) is 4.98 Å². The number of aromatic nitrogens is 4. The SMILES string of the molecule is Cc1c(CNc2cnc3ccccc3n2)cnn1C. The van der Waals surface area contributed by atoms with Crippen molar-refractivity contribution < 1.29 is 0 Å². The number of para-hydroxylation sites is 2. The molecule has 0 amide bonds. The van der Waals surface area contributed by atoms with Crippen LogP contribution >= 0.6 is 0 Å². The standard InChI is InChI=1S/C14H15N5/c1-10-11(8-17-19(10)2)7-16-14-9-15-12-5-3-4-6-13(12)18-14/h3-6,8-9H,7H2,1-2H3,(H,16,18). The van der Waals surface area contributed by atoms with Crippen molar-refractivity contribution in [2.24, 2.45) is 7.05 Å². The van der Waals surface area contributed by atoms with Gasteiger partial charge in [-0.3, -0.25) is 9.67 Å². The molecule has 0 saturated carbocycles. The summed E-state index contributed by atoms with van der Waals surface area (Å²) in [6.45, 7) is 2.75. The van der Waals surface area contributed by atoms with Crippen molar-refractivity contribution in [2.75, 3.05) is 5.32 Å². The maximum Gasteiger partial charge on any atom is 0.145 e. The fourth-order valence-electron chi connectivity index (χ4n) is 1.95. The number of aryl methyl sites for hydroxylation is 1. The molecule has 5 heteroatoms. The van der Waals surface area contributed by atoms with E-state index in [-0.39, 0.29) is 0 Å². The summed E-state index contributed by atoms with van der Waals surface area (Å²) in [6.07, 6.45) is 3.63. The number of nitrogens with one attached hydrogen (secondary N) is 1. The van der Waals surface area contributed by atoms with Crippen LogP contribution in [0.3, 0.4) is 0 Å². The van der Waals surface area contributed by atoms with E-state index in [2.05, 4.69) is 27.3 Å². The predicted octanol–water partition coefficient (Wildman–Crippen LogP) is 2.28. The number of benzene rings is 1. The van der Waals surface area contributed by atoms with E-state index in [1.807, 2.05) is 42.2 Å². The molecule has 5 nitrogen and oxygen atoms in total. The molecule has 0 aliphatic carbocycles. The Morgan fingerprint density at radius 2 is 1.95 bits per heavy atom. The van der Waals surface area contributed by atoms with E-state index in [1.54, 1.807) is 6.20 Å². The van der Waals surface area contributed by atoms with Crippen LogP contribution in [0.15, 0.2) is 36.7 Å². The molecule has 1 aromatic carbocycles. The average Bonchev–Trinajstić information content (AvgIpc) is 2.76. The minimum Gasteiger partial charge on any atom is -0.365 e. The highest BCUT2D eigenvalue weighted by Crippen LogP contribution is 2.13. The van der Waals surface area contributed by atoms with Crippen LogP contribution < -0.4 is 5.32 Å². The van der Waals surface area contributed by atoms with Gasteiger partial charge in [-0.1, -0.05) is 12.1 Å². The molecule has 3 aromatic rings. The first-order valence-corrected chi connectivity index (χ1v) is 6.17. The normalized spacial score (nSPS) is 10.8. The number of fused-ring (bicyclic) bond motifs is 1. The van der Waals surface area contributed by atoms with E-state index in [4.69, 9.17) is 0 Å². The molecule has 0 spiro atoms. The van der Waals surface area contributed by atoms with E-state index in [9.17, 15) is 0 Å². The largest absolute Gasteiger partial charge is 0.365 e. The molecule has 2 heterocycles. The fourth-order valence-corrected chi connectivity index (χ4v) is 1.95. The Kier molecular flexibility index (Phi) is 2.87. The molecular weight excluding hydrogens is 238 g/mol. The van der Waals surface area contributed by atoms with Gasteiger partial charge >= 0.3 is 0 Å². The van der Waals surface area contributed by atoms with Crippen molar-refractivity contribution in [1.29, 1.82) is 0 Å². The quantitative estimate of drug-likeness (QED) is 0.778. The second kappa shape index (κ2) is 4.68. The summed E-state index contributed by atoms with van der Waals surface area (Å²) >= 11 is 0. The Bertz CT molecular complexity index is 717.